The summed E-state index contributed by atoms with van der Waals surface area (Å²) in [5, 5.41) is 2.88. The van der Waals surface area contributed by atoms with Gasteiger partial charge in [0.25, 0.3) is 0 Å². The Morgan fingerprint density at radius 2 is 1.94 bits per heavy atom. The lowest BCUT2D eigenvalue weighted by Gasteiger charge is -2.33. The van der Waals surface area contributed by atoms with E-state index in [2.05, 4.69) is 22.1 Å². The fraction of sp³-hybridized carbons (Fsp3) is 0.577. The standard InChI is InChI=1S/C26H37N5O3/c1-20-11-6-8-16-30(20)17-10-15-27-26(33)34-25-24(28-22-14-7-9-18-31(22)25)29(2)23(32)19-21-12-4-3-5-13-21/h3-5,12-13,20H,6-11,14-19H2,1-2H3,(H,27,33). The third-order valence-electron chi connectivity index (χ3n) is 6.93. The van der Waals surface area contributed by atoms with Gasteiger partial charge in [-0.1, -0.05) is 36.8 Å². The molecule has 2 aliphatic heterocycles. The van der Waals surface area contributed by atoms with E-state index in [1.165, 1.54) is 24.2 Å². The number of carbonyl (C=O) groups excluding carboxylic acids is 2. The number of hydrogen-bond donors (Lipinski definition) is 1. The zero-order chi connectivity index (χ0) is 23.9. The summed E-state index contributed by atoms with van der Waals surface area (Å²) in [6.07, 6.45) is 7.31. The van der Waals surface area contributed by atoms with Crippen LogP contribution in [0.25, 0.3) is 0 Å². The van der Waals surface area contributed by atoms with E-state index in [-0.39, 0.29) is 12.3 Å². The predicted octanol–water partition coefficient (Wildman–Crippen LogP) is 3.78. The molecule has 2 aromatic rings. The van der Waals surface area contributed by atoms with Gasteiger partial charge >= 0.3 is 6.09 Å². The Kier molecular flexibility index (Phi) is 8.21. The van der Waals surface area contributed by atoms with Crippen LogP contribution in [-0.4, -0.2) is 59.2 Å². The van der Waals surface area contributed by atoms with E-state index in [9.17, 15) is 9.59 Å². The average Bonchev–Trinajstić information content (AvgIpc) is 3.21. The molecule has 1 aromatic carbocycles. The van der Waals surface area contributed by atoms with Gasteiger partial charge in [0.15, 0.2) is 5.82 Å². The van der Waals surface area contributed by atoms with Gasteiger partial charge in [-0.25, -0.2) is 9.78 Å². The van der Waals surface area contributed by atoms with Gasteiger partial charge in [-0.3, -0.25) is 14.3 Å². The predicted molar refractivity (Wildman–Crippen MR) is 132 cm³/mol. The number of carbonyl (C=O) groups is 2. The molecule has 2 aliphatic rings. The SMILES string of the molecule is CC1CCCCN1CCCNC(=O)Oc1c(N(C)C(=O)Cc2ccccc2)nc2n1CCCC2. The van der Waals surface area contributed by atoms with Gasteiger partial charge in [-0.05, 0) is 51.1 Å². The second-order valence-corrected chi connectivity index (χ2v) is 9.43. The number of benzene rings is 1. The maximum atomic E-state index is 13.0. The van der Waals surface area contributed by atoms with E-state index in [0.717, 1.165) is 56.7 Å². The zero-order valence-corrected chi connectivity index (χ0v) is 20.5. The largest absolute Gasteiger partial charge is 0.414 e. The molecule has 2 amide bonds. The van der Waals surface area contributed by atoms with E-state index >= 15 is 0 Å². The van der Waals surface area contributed by atoms with Crippen LogP contribution in [0, 0.1) is 0 Å². The van der Waals surface area contributed by atoms with Gasteiger partial charge in [-0.2, -0.15) is 0 Å². The molecule has 0 spiro atoms. The highest BCUT2D eigenvalue weighted by atomic mass is 16.6. The minimum Gasteiger partial charge on any atom is -0.389 e. The summed E-state index contributed by atoms with van der Waals surface area (Å²) in [5.41, 5.74) is 0.937. The first kappa shape index (κ1) is 24.3. The summed E-state index contributed by atoms with van der Waals surface area (Å²) >= 11 is 0. The number of aryl methyl sites for hydroxylation is 1. The van der Waals surface area contributed by atoms with Crippen molar-refractivity contribution < 1.29 is 14.3 Å². The Bertz CT molecular complexity index is 974. The van der Waals surface area contributed by atoms with Crippen LogP contribution in [0.15, 0.2) is 30.3 Å². The van der Waals surface area contributed by atoms with Crippen LogP contribution in [-0.2, 0) is 24.2 Å². The zero-order valence-electron chi connectivity index (χ0n) is 20.5. The summed E-state index contributed by atoms with van der Waals surface area (Å²) in [5.74, 6) is 1.54. The molecule has 3 heterocycles. The Morgan fingerprint density at radius 3 is 2.74 bits per heavy atom. The van der Waals surface area contributed by atoms with Crippen molar-refractivity contribution in [1.29, 1.82) is 0 Å². The van der Waals surface area contributed by atoms with Crippen molar-refractivity contribution in [1.82, 2.24) is 19.8 Å². The molecule has 8 heteroatoms. The van der Waals surface area contributed by atoms with Crippen LogP contribution < -0.4 is 15.0 Å². The Hall–Kier alpha value is -2.87. The van der Waals surface area contributed by atoms with Crippen molar-refractivity contribution in [3.8, 4) is 5.88 Å². The molecule has 1 aromatic heterocycles. The molecule has 0 radical (unpaired) electrons. The summed E-state index contributed by atoms with van der Waals surface area (Å²) in [6.45, 7) is 5.69. The maximum Gasteiger partial charge on any atom is 0.414 e. The van der Waals surface area contributed by atoms with Gasteiger partial charge in [0.1, 0.15) is 5.82 Å². The number of nitrogens with zero attached hydrogens (tertiary/aromatic N) is 4. The number of hydrogen-bond acceptors (Lipinski definition) is 5. The van der Waals surface area contributed by atoms with Crippen molar-refractivity contribution in [3.63, 3.8) is 0 Å². The summed E-state index contributed by atoms with van der Waals surface area (Å²) in [7, 11) is 1.70. The Morgan fingerprint density at radius 1 is 1.15 bits per heavy atom. The molecular weight excluding hydrogens is 430 g/mol. The fourth-order valence-electron chi connectivity index (χ4n) is 4.86. The highest BCUT2D eigenvalue weighted by molar-refractivity contribution is 5.94. The smallest absolute Gasteiger partial charge is 0.389 e. The fourth-order valence-corrected chi connectivity index (χ4v) is 4.86. The van der Waals surface area contributed by atoms with E-state index in [1.807, 2.05) is 34.9 Å². The van der Waals surface area contributed by atoms with Crippen molar-refractivity contribution in [2.24, 2.45) is 0 Å². The molecule has 34 heavy (non-hydrogen) atoms. The second-order valence-electron chi connectivity index (χ2n) is 9.43. The number of likely N-dealkylation sites (tertiary alicyclic amines) is 1. The topological polar surface area (TPSA) is 79.7 Å². The van der Waals surface area contributed by atoms with Crippen molar-refractivity contribution in [3.05, 3.63) is 41.7 Å². The molecule has 0 saturated carbocycles. The van der Waals surface area contributed by atoms with Gasteiger partial charge in [-0.15, -0.1) is 0 Å². The minimum atomic E-state index is -0.495. The van der Waals surface area contributed by atoms with Crippen molar-refractivity contribution in [2.75, 3.05) is 31.6 Å². The van der Waals surface area contributed by atoms with Gasteiger partial charge in [0.05, 0.1) is 6.42 Å². The first-order valence-corrected chi connectivity index (χ1v) is 12.6. The first-order valence-electron chi connectivity index (χ1n) is 12.6. The van der Waals surface area contributed by atoms with E-state index in [0.29, 0.717) is 24.3 Å². The summed E-state index contributed by atoms with van der Waals surface area (Å²) in [6, 6.07) is 10.2. The molecule has 0 bridgehead atoms. The lowest BCUT2D eigenvalue weighted by Crippen LogP contribution is -2.39. The number of rotatable bonds is 8. The number of likely N-dealkylation sites (N-methyl/N-ethyl adjacent to an activating group) is 1. The van der Waals surface area contributed by atoms with Crippen LogP contribution in [0.2, 0.25) is 0 Å². The van der Waals surface area contributed by atoms with E-state index in [4.69, 9.17) is 4.74 Å². The highest BCUT2D eigenvalue weighted by Gasteiger charge is 2.28. The summed E-state index contributed by atoms with van der Waals surface area (Å²) in [4.78, 5) is 34.3. The Labute approximate surface area is 202 Å². The number of nitrogens with one attached hydrogen (secondary N) is 1. The number of fused-ring (bicyclic) bond motifs is 1. The lowest BCUT2D eigenvalue weighted by atomic mass is 10.0. The summed E-state index contributed by atoms with van der Waals surface area (Å²) < 4.78 is 7.71. The van der Waals surface area contributed by atoms with E-state index in [1.54, 1.807) is 7.05 Å². The van der Waals surface area contributed by atoms with Crippen LogP contribution in [0.5, 0.6) is 5.88 Å². The van der Waals surface area contributed by atoms with Gasteiger partial charge in [0, 0.05) is 39.1 Å². The van der Waals surface area contributed by atoms with Crippen LogP contribution in [0.1, 0.15) is 56.8 Å². The second kappa shape index (κ2) is 11.5. The molecule has 0 aliphatic carbocycles. The molecule has 1 atom stereocenters. The van der Waals surface area contributed by atoms with Crippen LogP contribution in [0.3, 0.4) is 0 Å². The van der Waals surface area contributed by atoms with Gasteiger partial charge < -0.3 is 15.0 Å². The van der Waals surface area contributed by atoms with Crippen LogP contribution in [0.4, 0.5) is 10.6 Å². The first-order chi connectivity index (χ1) is 16.5. The lowest BCUT2D eigenvalue weighted by molar-refractivity contribution is -0.117. The number of ether oxygens (including phenoxy) is 1. The maximum absolute atomic E-state index is 13.0. The van der Waals surface area contributed by atoms with E-state index < -0.39 is 6.09 Å². The number of aromatic nitrogens is 2. The molecule has 1 saturated heterocycles. The molecule has 1 unspecified atom stereocenters. The average molecular weight is 468 g/mol. The van der Waals surface area contributed by atoms with Crippen LogP contribution >= 0.6 is 0 Å². The van der Waals surface area contributed by atoms with Gasteiger partial charge in [0.2, 0.25) is 11.8 Å². The van der Waals surface area contributed by atoms with Crippen molar-refractivity contribution >= 4 is 17.8 Å². The number of anilines is 1. The quantitative estimate of drug-likeness (QED) is 0.598. The molecule has 8 nitrogen and oxygen atoms in total. The third-order valence-corrected chi connectivity index (χ3v) is 6.93. The minimum absolute atomic E-state index is 0.0949. The molecule has 4 rings (SSSR count). The molecule has 184 valence electrons. The molecule has 1 N–H and O–H groups in total. The number of amides is 2. The number of imidazole rings is 1. The van der Waals surface area contributed by atoms with Crippen molar-refractivity contribution in [2.45, 2.75) is 70.9 Å². The third kappa shape index (κ3) is 5.97. The number of piperidine rings is 1. The highest BCUT2D eigenvalue weighted by Crippen LogP contribution is 2.32. The Balaban J connectivity index is 1.37. The molecular formula is C26H37N5O3. The monoisotopic (exact) mass is 467 g/mol. The molecule has 1 fully saturated rings. The normalized spacial score (nSPS) is 18.2.